The number of hydrogen-bond donors (Lipinski definition) is 1. The number of ether oxygens (including phenoxy) is 1. The fourth-order valence-corrected chi connectivity index (χ4v) is 3.73. The summed E-state index contributed by atoms with van der Waals surface area (Å²) in [6.45, 7) is 10.5. The van der Waals surface area contributed by atoms with Gasteiger partial charge in [0.1, 0.15) is 5.75 Å². The number of nitrogens with one attached hydrogen (secondary N) is 1. The number of hydrogen-bond acceptors (Lipinski definition) is 3. The van der Waals surface area contributed by atoms with Crippen molar-refractivity contribution in [2.24, 2.45) is 0 Å². The standard InChI is InChI=1S/C21H29NO3S/c1-7-15(2)16-8-11-18(12-9-16)26(23,24)22-19-14-17(21(3,4)5)10-13-20(19)25-6/h8-15,22H,7H2,1-6H3. The number of rotatable bonds is 6. The minimum atomic E-state index is -3.69. The zero-order valence-electron chi connectivity index (χ0n) is 16.5. The highest BCUT2D eigenvalue weighted by Crippen LogP contribution is 2.33. The van der Waals surface area contributed by atoms with E-state index in [9.17, 15) is 8.42 Å². The van der Waals surface area contributed by atoms with Gasteiger partial charge in [-0.2, -0.15) is 0 Å². The van der Waals surface area contributed by atoms with Crippen LogP contribution in [0.5, 0.6) is 5.75 Å². The van der Waals surface area contributed by atoms with Crippen LogP contribution in [0.1, 0.15) is 58.1 Å². The van der Waals surface area contributed by atoms with Crippen molar-refractivity contribution in [3.05, 3.63) is 53.6 Å². The number of benzene rings is 2. The molecule has 0 saturated carbocycles. The lowest BCUT2D eigenvalue weighted by Crippen LogP contribution is -2.16. The summed E-state index contributed by atoms with van der Waals surface area (Å²) in [5.74, 6) is 0.904. The first-order valence-electron chi connectivity index (χ1n) is 8.89. The molecule has 0 aliphatic heterocycles. The van der Waals surface area contributed by atoms with E-state index in [1.165, 1.54) is 7.11 Å². The molecule has 0 amide bonds. The second-order valence-electron chi connectivity index (χ2n) is 7.65. The molecule has 0 aliphatic carbocycles. The molecule has 0 radical (unpaired) electrons. The summed E-state index contributed by atoms with van der Waals surface area (Å²) < 4.78 is 33.6. The first-order valence-corrected chi connectivity index (χ1v) is 10.4. The van der Waals surface area contributed by atoms with E-state index in [-0.39, 0.29) is 10.3 Å². The van der Waals surface area contributed by atoms with Gasteiger partial charge in [0, 0.05) is 0 Å². The van der Waals surface area contributed by atoms with E-state index in [0.29, 0.717) is 17.4 Å². The molecule has 1 atom stereocenters. The van der Waals surface area contributed by atoms with Crippen molar-refractivity contribution in [1.82, 2.24) is 0 Å². The van der Waals surface area contributed by atoms with Gasteiger partial charge in [-0.05, 0) is 53.1 Å². The topological polar surface area (TPSA) is 55.4 Å². The smallest absolute Gasteiger partial charge is 0.262 e. The molecule has 0 fully saturated rings. The highest BCUT2D eigenvalue weighted by Gasteiger charge is 2.20. The van der Waals surface area contributed by atoms with Gasteiger partial charge >= 0.3 is 0 Å². The molecule has 2 aromatic rings. The van der Waals surface area contributed by atoms with Gasteiger partial charge < -0.3 is 4.74 Å². The molecule has 4 nitrogen and oxygen atoms in total. The quantitative estimate of drug-likeness (QED) is 0.745. The zero-order chi connectivity index (χ0) is 19.5. The largest absolute Gasteiger partial charge is 0.495 e. The van der Waals surface area contributed by atoms with Crippen molar-refractivity contribution in [2.45, 2.75) is 57.3 Å². The van der Waals surface area contributed by atoms with Crippen LogP contribution in [0.15, 0.2) is 47.4 Å². The van der Waals surface area contributed by atoms with Gasteiger partial charge in [0.25, 0.3) is 10.0 Å². The molecule has 0 spiro atoms. The predicted octanol–water partition coefficient (Wildman–Crippen LogP) is 5.31. The molecule has 1 unspecified atom stereocenters. The van der Waals surface area contributed by atoms with Crippen LogP contribution < -0.4 is 9.46 Å². The maximum Gasteiger partial charge on any atom is 0.262 e. The summed E-state index contributed by atoms with van der Waals surface area (Å²) in [6.07, 6.45) is 1.02. The van der Waals surface area contributed by atoms with Crippen LogP contribution in [0.3, 0.4) is 0 Å². The molecule has 142 valence electrons. The van der Waals surface area contributed by atoms with E-state index < -0.39 is 10.0 Å². The van der Waals surface area contributed by atoms with Crippen molar-refractivity contribution >= 4 is 15.7 Å². The summed E-state index contributed by atoms with van der Waals surface area (Å²) in [5, 5.41) is 0. The summed E-state index contributed by atoms with van der Waals surface area (Å²) in [5.41, 5.74) is 2.53. The minimum absolute atomic E-state index is 0.0929. The van der Waals surface area contributed by atoms with Gasteiger partial charge in [-0.1, -0.05) is 52.8 Å². The SMILES string of the molecule is CCC(C)c1ccc(S(=O)(=O)Nc2cc(C(C)(C)C)ccc2OC)cc1. The van der Waals surface area contributed by atoms with Crippen LogP contribution in [0.4, 0.5) is 5.69 Å². The monoisotopic (exact) mass is 375 g/mol. The molecule has 2 rings (SSSR count). The van der Waals surface area contributed by atoms with Gasteiger partial charge in [0.15, 0.2) is 0 Å². The molecule has 0 saturated heterocycles. The van der Waals surface area contributed by atoms with E-state index in [1.54, 1.807) is 18.2 Å². The fourth-order valence-electron chi connectivity index (χ4n) is 2.67. The van der Waals surface area contributed by atoms with E-state index in [1.807, 2.05) is 24.3 Å². The Balaban J connectivity index is 2.37. The second-order valence-corrected chi connectivity index (χ2v) is 9.33. The molecule has 1 N–H and O–H groups in total. The summed E-state index contributed by atoms with van der Waals surface area (Å²) >= 11 is 0. The van der Waals surface area contributed by atoms with Gasteiger partial charge in [0.2, 0.25) is 0 Å². The van der Waals surface area contributed by atoms with Crippen LogP contribution in [-0.2, 0) is 15.4 Å². The van der Waals surface area contributed by atoms with E-state index in [0.717, 1.165) is 17.5 Å². The maximum atomic E-state index is 12.8. The lowest BCUT2D eigenvalue weighted by Gasteiger charge is -2.21. The number of methoxy groups -OCH3 is 1. The second kappa shape index (κ2) is 7.70. The van der Waals surface area contributed by atoms with Gasteiger partial charge in [-0.25, -0.2) is 8.42 Å². The molecule has 0 aliphatic rings. The van der Waals surface area contributed by atoms with Crippen LogP contribution in [-0.4, -0.2) is 15.5 Å². The Hall–Kier alpha value is -2.01. The number of anilines is 1. The van der Waals surface area contributed by atoms with E-state index >= 15 is 0 Å². The summed E-state index contributed by atoms with van der Waals surface area (Å²) in [6, 6.07) is 12.7. The molecular weight excluding hydrogens is 346 g/mol. The fraction of sp³-hybridized carbons (Fsp3) is 0.429. The van der Waals surface area contributed by atoms with Crippen molar-refractivity contribution in [1.29, 1.82) is 0 Å². The number of sulfonamides is 1. The van der Waals surface area contributed by atoms with Crippen molar-refractivity contribution in [2.75, 3.05) is 11.8 Å². The van der Waals surface area contributed by atoms with E-state index in [2.05, 4.69) is 39.3 Å². The van der Waals surface area contributed by atoms with Crippen molar-refractivity contribution in [3.8, 4) is 5.75 Å². The van der Waals surface area contributed by atoms with Gasteiger partial charge in [0.05, 0.1) is 17.7 Å². The molecule has 0 bridgehead atoms. The Kier molecular flexibility index (Phi) is 6.02. The third-order valence-electron chi connectivity index (χ3n) is 4.68. The molecule has 0 heterocycles. The molecule has 0 aromatic heterocycles. The third-order valence-corrected chi connectivity index (χ3v) is 6.06. The highest BCUT2D eigenvalue weighted by atomic mass is 32.2. The Bertz CT molecular complexity index is 850. The normalized spacial score (nSPS) is 13.3. The Labute approximate surface area is 157 Å². The third kappa shape index (κ3) is 4.58. The first-order chi connectivity index (χ1) is 12.1. The Morgan fingerprint density at radius 1 is 1.08 bits per heavy atom. The predicted molar refractivity (Wildman–Crippen MR) is 108 cm³/mol. The lowest BCUT2D eigenvalue weighted by molar-refractivity contribution is 0.416. The highest BCUT2D eigenvalue weighted by molar-refractivity contribution is 7.92. The van der Waals surface area contributed by atoms with Crippen molar-refractivity contribution in [3.63, 3.8) is 0 Å². The average molecular weight is 376 g/mol. The van der Waals surface area contributed by atoms with Gasteiger partial charge in [-0.3, -0.25) is 4.72 Å². The van der Waals surface area contributed by atoms with Crippen LogP contribution in [0.2, 0.25) is 0 Å². The lowest BCUT2D eigenvalue weighted by atomic mass is 9.87. The van der Waals surface area contributed by atoms with E-state index in [4.69, 9.17) is 4.74 Å². The maximum absolute atomic E-state index is 12.8. The van der Waals surface area contributed by atoms with Crippen LogP contribution in [0, 0.1) is 0 Å². The molecule has 5 heteroatoms. The molecular formula is C21H29NO3S. The summed E-state index contributed by atoms with van der Waals surface area (Å²) in [7, 11) is -2.15. The van der Waals surface area contributed by atoms with Crippen LogP contribution in [0.25, 0.3) is 0 Å². The Morgan fingerprint density at radius 3 is 2.19 bits per heavy atom. The minimum Gasteiger partial charge on any atom is -0.495 e. The van der Waals surface area contributed by atoms with Crippen LogP contribution >= 0.6 is 0 Å². The van der Waals surface area contributed by atoms with Gasteiger partial charge in [-0.15, -0.1) is 0 Å². The first kappa shape index (κ1) is 20.3. The molecule has 26 heavy (non-hydrogen) atoms. The summed E-state index contributed by atoms with van der Waals surface area (Å²) in [4.78, 5) is 0.243. The van der Waals surface area contributed by atoms with Crippen molar-refractivity contribution < 1.29 is 13.2 Å². The molecule has 2 aromatic carbocycles. The zero-order valence-corrected chi connectivity index (χ0v) is 17.3. The Morgan fingerprint density at radius 2 is 1.69 bits per heavy atom. The average Bonchev–Trinajstić information content (AvgIpc) is 2.60.